The van der Waals surface area contributed by atoms with E-state index >= 15 is 0 Å². The molecule has 2 aromatic heterocycles. The molecule has 0 spiro atoms. The first-order chi connectivity index (χ1) is 14.8. The Morgan fingerprint density at radius 2 is 1.97 bits per heavy atom. The van der Waals surface area contributed by atoms with Gasteiger partial charge in [0.05, 0.1) is 31.4 Å². The molecular weight excluding hydrogens is 396 g/mol. The molecule has 1 aliphatic heterocycles. The number of benzene rings is 1. The molecule has 164 valence electrons. The summed E-state index contributed by atoms with van der Waals surface area (Å²) < 4.78 is 10.1. The normalized spacial score (nSPS) is 16.0. The van der Waals surface area contributed by atoms with E-state index in [0.29, 0.717) is 36.9 Å². The maximum Gasteiger partial charge on any atom is 0.332 e. The van der Waals surface area contributed by atoms with Gasteiger partial charge in [-0.15, -0.1) is 0 Å². The van der Waals surface area contributed by atoms with Crippen LogP contribution in [0, 0.1) is 6.92 Å². The summed E-state index contributed by atoms with van der Waals surface area (Å²) in [6.07, 6.45) is 0. The molecule has 0 saturated carbocycles. The average Bonchev–Trinajstić information content (AvgIpc) is 3.15. The van der Waals surface area contributed by atoms with Crippen LogP contribution in [-0.2, 0) is 18.3 Å². The van der Waals surface area contributed by atoms with E-state index in [-0.39, 0.29) is 23.8 Å². The van der Waals surface area contributed by atoms with E-state index in [1.54, 1.807) is 12.1 Å². The van der Waals surface area contributed by atoms with Crippen LogP contribution in [0.25, 0.3) is 11.2 Å². The molecule has 0 saturated heterocycles. The Morgan fingerprint density at radius 3 is 2.68 bits per heavy atom. The lowest BCUT2D eigenvalue weighted by Gasteiger charge is -2.29. The van der Waals surface area contributed by atoms with Crippen molar-refractivity contribution in [2.75, 3.05) is 24.8 Å². The molecule has 4 rings (SSSR count). The minimum Gasteiger partial charge on any atom is -0.380 e. The second kappa shape index (κ2) is 8.14. The second-order valence-corrected chi connectivity index (χ2v) is 7.91. The minimum atomic E-state index is -0.388. The number of hydrazone groups is 1. The van der Waals surface area contributed by atoms with Crippen LogP contribution in [0.1, 0.15) is 37.9 Å². The zero-order valence-electron chi connectivity index (χ0n) is 18.6. The van der Waals surface area contributed by atoms with Crippen LogP contribution in [0.15, 0.2) is 39.0 Å². The first kappa shape index (κ1) is 21.0. The molecule has 1 aromatic carbocycles. The third-order valence-electron chi connectivity index (χ3n) is 5.73. The summed E-state index contributed by atoms with van der Waals surface area (Å²) in [7, 11) is 1.65. The van der Waals surface area contributed by atoms with Gasteiger partial charge in [0.25, 0.3) is 5.56 Å². The van der Waals surface area contributed by atoms with Crippen LogP contribution >= 0.6 is 0 Å². The number of rotatable bonds is 6. The summed E-state index contributed by atoms with van der Waals surface area (Å²) in [4.78, 5) is 31.3. The highest BCUT2D eigenvalue weighted by Gasteiger charge is 2.30. The number of imidazole rings is 1. The SMILES string of the molecule is CCOCCN1N=C(C)C(C)n2c1nc1c2c(=O)n(Cc2cccc(C)c2)c(=O)n1C. The molecule has 1 atom stereocenters. The number of ether oxygens (including phenoxy) is 1. The summed E-state index contributed by atoms with van der Waals surface area (Å²) in [5.74, 6) is 0.549. The second-order valence-electron chi connectivity index (χ2n) is 7.91. The van der Waals surface area contributed by atoms with Crippen molar-refractivity contribution in [1.82, 2.24) is 18.7 Å². The van der Waals surface area contributed by atoms with Gasteiger partial charge in [0.1, 0.15) is 0 Å². The predicted octanol–water partition coefficient (Wildman–Crippen LogP) is 2.05. The van der Waals surface area contributed by atoms with Crippen molar-refractivity contribution in [2.45, 2.75) is 40.3 Å². The van der Waals surface area contributed by atoms with E-state index in [2.05, 4.69) is 10.1 Å². The molecule has 0 radical (unpaired) electrons. The molecule has 3 aromatic rings. The molecule has 0 bridgehead atoms. The smallest absolute Gasteiger partial charge is 0.332 e. The quantitative estimate of drug-likeness (QED) is 0.565. The maximum absolute atomic E-state index is 13.5. The van der Waals surface area contributed by atoms with Gasteiger partial charge in [-0.2, -0.15) is 10.1 Å². The molecule has 0 amide bonds. The highest BCUT2D eigenvalue weighted by atomic mass is 16.5. The minimum absolute atomic E-state index is 0.152. The number of hydrogen-bond donors (Lipinski definition) is 0. The van der Waals surface area contributed by atoms with Crippen LogP contribution in [-0.4, -0.2) is 44.2 Å². The monoisotopic (exact) mass is 424 g/mol. The standard InChI is InChI=1S/C22H28N6O3/c1-6-31-11-10-27-21-23-19-18(28(21)16(4)15(3)24-27)20(29)26(22(30)25(19)5)13-17-9-7-8-14(2)12-17/h7-9,12,16H,6,10-11,13H2,1-5H3. The number of aromatic nitrogens is 4. The van der Waals surface area contributed by atoms with Gasteiger partial charge in [-0.1, -0.05) is 29.8 Å². The van der Waals surface area contributed by atoms with Gasteiger partial charge in [0.15, 0.2) is 11.2 Å². The van der Waals surface area contributed by atoms with Gasteiger partial charge < -0.3 is 4.74 Å². The van der Waals surface area contributed by atoms with Crippen LogP contribution in [0.5, 0.6) is 0 Å². The third kappa shape index (κ3) is 3.59. The number of nitrogens with zero attached hydrogens (tertiary/aromatic N) is 6. The fourth-order valence-electron chi connectivity index (χ4n) is 3.96. The molecule has 1 aliphatic rings. The Bertz CT molecular complexity index is 1280. The molecule has 31 heavy (non-hydrogen) atoms. The fourth-order valence-corrected chi connectivity index (χ4v) is 3.96. The number of fused-ring (bicyclic) bond motifs is 3. The third-order valence-corrected chi connectivity index (χ3v) is 5.73. The predicted molar refractivity (Wildman–Crippen MR) is 121 cm³/mol. The van der Waals surface area contributed by atoms with E-state index in [1.165, 1.54) is 9.13 Å². The van der Waals surface area contributed by atoms with Gasteiger partial charge in [-0.25, -0.2) is 9.80 Å². The Hall–Kier alpha value is -3.20. The zero-order chi connectivity index (χ0) is 22.3. The lowest BCUT2D eigenvalue weighted by Crippen LogP contribution is -2.40. The number of anilines is 1. The molecule has 1 unspecified atom stereocenters. The lowest BCUT2D eigenvalue weighted by molar-refractivity contribution is 0.153. The first-order valence-corrected chi connectivity index (χ1v) is 10.5. The van der Waals surface area contributed by atoms with Crippen LogP contribution < -0.4 is 16.3 Å². The summed E-state index contributed by atoms with van der Waals surface area (Å²) in [6, 6.07) is 7.67. The van der Waals surface area contributed by atoms with Crippen molar-refractivity contribution >= 4 is 22.8 Å². The first-order valence-electron chi connectivity index (χ1n) is 10.5. The highest BCUT2D eigenvalue weighted by molar-refractivity contribution is 5.91. The van der Waals surface area contributed by atoms with Crippen molar-refractivity contribution < 1.29 is 4.74 Å². The topological polar surface area (TPSA) is 86.7 Å². The van der Waals surface area contributed by atoms with Gasteiger partial charge in [-0.3, -0.25) is 18.5 Å². The van der Waals surface area contributed by atoms with E-state index < -0.39 is 0 Å². The van der Waals surface area contributed by atoms with Crippen molar-refractivity contribution in [3.05, 3.63) is 56.2 Å². The zero-order valence-corrected chi connectivity index (χ0v) is 18.6. The summed E-state index contributed by atoms with van der Waals surface area (Å²) in [6.45, 7) is 9.66. The van der Waals surface area contributed by atoms with Crippen molar-refractivity contribution in [3.63, 3.8) is 0 Å². The summed E-state index contributed by atoms with van der Waals surface area (Å²) in [5, 5.41) is 6.39. The largest absolute Gasteiger partial charge is 0.380 e. The number of aryl methyl sites for hydroxylation is 2. The van der Waals surface area contributed by atoms with E-state index in [0.717, 1.165) is 16.8 Å². The fraction of sp³-hybridized carbons (Fsp3) is 0.455. The molecule has 0 fully saturated rings. The Kier molecular flexibility index (Phi) is 5.53. The van der Waals surface area contributed by atoms with Gasteiger partial charge >= 0.3 is 5.69 Å². The summed E-state index contributed by atoms with van der Waals surface area (Å²) >= 11 is 0. The Labute approximate surface area is 180 Å². The maximum atomic E-state index is 13.5. The van der Waals surface area contributed by atoms with Crippen molar-refractivity contribution in [3.8, 4) is 0 Å². The molecule has 0 N–H and O–H groups in total. The Balaban J connectivity index is 1.90. The molecular formula is C22H28N6O3. The highest BCUT2D eigenvalue weighted by Crippen LogP contribution is 2.29. The van der Waals surface area contributed by atoms with Crippen molar-refractivity contribution in [2.24, 2.45) is 12.1 Å². The van der Waals surface area contributed by atoms with E-state index in [1.807, 2.05) is 56.5 Å². The lowest BCUT2D eigenvalue weighted by atomic mass is 10.1. The summed E-state index contributed by atoms with van der Waals surface area (Å²) in [5.41, 5.74) is 2.89. The van der Waals surface area contributed by atoms with Gasteiger partial charge in [0.2, 0.25) is 5.95 Å². The van der Waals surface area contributed by atoms with Crippen LogP contribution in [0.4, 0.5) is 5.95 Å². The molecule has 0 aliphatic carbocycles. The Morgan fingerprint density at radius 1 is 1.19 bits per heavy atom. The van der Waals surface area contributed by atoms with Crippen LogP contribution in [0.2, 0.25) is 0 Å². The molecule has 3 heterocycles. The number of hydrogen-bond acceptors (Lipinski definition) is 6. The average molecular weight is 425 g/mol. The van der Waals surface area contributed by atoms with Gasteiger partial charge in [-0.05, 0) is 33.3 Å². The van der Waals surface area contributed by atoms with E-state index in [4.69, 9.17) is 4.74 Å². The van der Waals surface area contributed by atoms with Crippen LogP contribution in [0.3, 0.4) is 0 Å². The molecule has 9 heteroatoms. The van der Waals surface area contributed by atoms with E-state index in [9.17, 15) is 9.59 Å². The van der Waals surface area contributed by atoms with Gasteiger partial charge in [0, 0.05) is 13.7 Å². The van der Waals surface area contributed by atoms with Crippen molar-refractivity contribution in [1.29, 1.82) is 0 Å². The molecule has 9 nitrogen and oxygen atoms in total.